The van der Waals surface area contributed by atoms with Gasteiger partial charge in [0.15, 0.2) is 0 Å². The molecule has 0 aliphatic carbocycles. The molecule has 19 heavy (non-hydrogen) atoms. The second kappa shape index (κ2) is 6.38. The molecule has 1 aliphatic heterocycles. The Labute approximate surface area is 121 Å². The first-order valence-electron chi connectivity index (χ1n) is 6.77. The zero-order chi connectivity index (χ0) is 12.4. The summed E-state index contributed by atoms with van der Waals surface area (Å²) in [5, 5.41) is 2.72. The number of likely N-dealkylation sites (tertiary alicyclic amines) is 1. The second-order valence-electron chi connectivity index (χ2n) is 5.25. The zero-order valence-electron chi connectivity index (χ0n) is 11.1. The smallest absolute Gasteiger partial charge is 0.0239 e. The summed E-state index contributed by atoms with van der Waals surface area (Å²) in [5.74, 6) is 0. The van der Waals surface area contributed by atoms with E-state index in [-0.39, 0.29) is 12.4 Å². The summed E-state index contributed by atoms with van der Waals surface area (Å²) in [5.41, 5.74) is 7.39. The lowest BCUT2D eigenvalue weighted by molar-refractivity contribution is 0.206. The Balaban J connectivity index is 0.00000133. The monoisotopic (exact) mass is 276 g/mol. The van der Waals surface area contributed by atoms with Gasteiger partial charge in [0.25, 0.3) is 0 Å². The van der Waals surface area contributed by atoms with Crippen molar-refractivity contribution >= 4 is 23.2 Å². The van der Waals surface area contributed by atoms with Crippen molar-refractivity contribution in [1.29, 1.82) is 0 Å². The summed E-state index contributed by atoms with van der Waals surface area (Å²) in [6, 6.07) is 15.6. The van der Waals surface area contributed by atoms with Gasteiger partial charge in [0.1, 0.15) is 0 Å². The van der Waals surface area contributed by atoms with Crippen LogP contribution in [0.5, 0.6) is 0 Å². The van der Waals surface area contributed by atoms with Crippen LogP contribution in [0.2, 0.25) is 0 Å². The number of nitrogens with zero attached hydrogens (tertiary/aromatic N) is 1. The molecule has 3 rings (SSSR count). The van der Waals surface area contributed by atoms with Crippen LogP contribution in [0.1, 0.15) is 18.4 Å². The lowest BCUT2D eigenvalue weighted by Crippen LogP contribution is -2.39. The van der Waals surface area contributed by atoms with Crippen LogP contribution in [-0.2, 0) is 6.54 Å². The fraction of sp³-hybridized carbons (Fsp3) is 0.375. The molecular weight excluding hydrogens is 256 g/mol. The van der Waals surface area contributed by atoms with Crippen molar-refractivity contribution in [1.82, 2.24) is 4.90 Å². The summed E-state index contributed by atoms with van der Waals surface area (Å²) in [6.07, 6.45) is 2.26. The third-order valence-corrected chi connectivity index (χ3v) is 3.91. The molecule has 1 aliphatic rings. The van der Waals surface area contributed by atoms with E-state index in [1.54, 1.807) is 0 Å². The quantitative estimate of drug-likeness (QED) is 0.913. The third kappa shape index (κ3) is 3.27. The Kier molecular flexibility index (Phi) is 4.81. The summed E-state index contributed by atoms with van der Waals surface area (Å²) in [4.78, 5) is 2.52. The summed E-state index contributed by atoms with van der Waals surface area (Å²) >= 11 is 0. The molecule has 0 radical (unpaired) electrons. The standard InChI is InChI=1S/C16H20N2.ClH/c17-15-8-10-18(11-9-15)12-14-6-3-5-13-4-1-2-7-16(13)14;/h1-7,15H,8-12,17H2;1H. The van der Waals surface area contributed by atoms with Gasteiger partial charge in [-0.25, -0.2) is 0 Å². The molecule has 2 aromatic rings. The molecule has 102 valence electrons. The first-order chi connectivity index (χ1) is 8.83. The molecule has 1 fully saturated rings. The van der Waals surface area contributed by atoms with Crippen molar-refractivity contribution in [3.8, 4) is 0 Å². The van der Waals surface area contributed by atoms with Crippen molar-refractivity contribution in [2.45, 2.75) is 25.4 Å². The lowest BCUT2D eigenvalue weighted by atomic mass is 10.0. The highest BCUT2D eigenvalue weighted by Gasteiger charge is 2.16. The Hall–Kier alpha value is -1.09. The molecular formula is C16H21ClN2. The third-order valence-electron chi connectivity index (χ3n) is 3.91. The normalized spacial score (nSPS) is 17.3. The minimum absolute atomic E-state index is 0. The first kappa shape index (κ1) is 14.3. The molecule has 0 aromatic heterocycles. The molecule has 0 spiro atoms. The molecule has 0 saturated carbocycles. The van der Waals surface area contributed by atoms with E-state index in [1.165, 1.54) is 16.3 Å². The van der Waals surface area contributed by atoms with Crippen molar-refractivity contribution in [3.63, 3.8) is 0 Å². The second-order valence-corrected chi connectivity index (χ2v) is 5.25. The van der Waals surface area contributed by atoms with Gasteiger partial charge in [-0.15, -0.1) is 12.4 Å². The predicted octanol–water partition coefficient (Wildman–Crippen LogP) is 3.18. The van der Waals surface area contributed by atoms with Crippen LogP contribution in [0.15, 0.2) is 42.5 Å². The number of hydrogen-bond donors (Lipinski definition) is 1. The number of nitrogens with two attached hydrogens (primary N) is 1. The number of fused-ring (bicyclic) bond motifs is 1. The summed E-state index contributed by atoms with van der Waals surface area (Å²) < 4.78 is 0. The van der Waals surface area contributed by atoms with Crippen LogP contribution in [0.3, 0.4) is 0 Å². The van der Waals surface area contributed by atoms with Gasteiger partial charge in [-0.05, 0) is 42.3 Å². The van der Waals surface area contributed by atoms with Crippen molar-refractivity contribution in [3.05, 3.63) is 48.0 Å². The van der Waals surface area contributed by atoms with Gasteiger partial charge in [-0.2, -0.15) is 0 Å². The van der Waals surface area contributed by atoms with Crippen molar-refractivity contribution in [2.24, 2.45) is 5.73 Å². The van der Waals surface area contributed by atoms with E-state index in [2.05, 4.69) is 47.4 Å². The van der Waals surface area contributed by atoms with Crippen molar-refractivity contribution in [2.75, 3.05) is 13.1 Å². The predicted molar refractivity (Wildman–Crippen MR) is 83.7 cm³/mol. The fourth-order valence-corrected chi connectivity index (χ4v) is 2.78. The summed E-state index contributed by atoms with van der Waals surface area (Å²) in [7, 11) is 0. The Morgan fingerprint density at radius 3 is 2.47 bits per heavy atom. The van der Waals surface area contributed by atoms with E-state index in [9.17, 15) is 0 Å². The van der Waals surface area contributed by atoms with Gasteiger partial charge in [0.2, 0.25) is 0 Å². The van der Waals surface area contributed by atoms with Gasteiger partial charge in [-0.3, -0.25) is 4.90 Å². The van der Waals surface area contributed by atoms with Gasteiger partial charge < -0.3 is 5.73 Å². The van der Waals surface area contributed by atoms with Crippen LogP contribution in [0.25, 0.3) is 10.8 Å². The maximum Gasteiger partial charge on any atom is 0.0239 e. The van der Waals surface area contributed by atoms with Gasteiger partial charge >= 0.3 is 0 Å². The Bertz CT molecular complexity index is 528. The van der Waals surface area contributed by atoms with Crippen LogP contribution < -0.4 is 5.73 Å². The maximum absolute atomic E-state index is 5.95. The molecule has 0 unspecified atom stereocenters. The first-order valence-corrected chi connectivity index (χ1v) is 6.77. The van der Waals surface area contributed by atoms with Crippen molar-refractivity contribution < 1.29 is 0 Å². The Morgan fingerprint density at radius 1 is 1.00 bits per heavy atom. The SMILES string of the molecule is Cl.NC1CCN(Cc2cccc3ccccc23)CC1. The number of hydrogen-bond acceptors (Lipinski definition) is 2. The highest BCUT2D eigenvalue weighted by Crippen LogP contribution is 2.21. The van der Waals surface area contributed by atoms with Crippen LogP contribution in [0, 0.1) is 0 Å². The van der Waals surface area contributed by atoms with E-state index in [0.717, 1.165) is 32.5 Å². The average Bonchev–Trinajstić information content (AvgIpc) is 2.42. The largest absolute Gasteiger partial charge is 0.328 e. The van der Waals surface area contributed by atoms with Crippen LogP contribution in [0.4, 0.5) is 0 Å². The minimum atomic E-state index is 0. The molecule has 2 aromatic carbocycles. The molecule has 1 heterocycles. The van der Waals surface area contributed by atoms with Crippen LogP contribution >= 0.6 is 12.4 Å². The summed E-state index contributed by atoms with van der Waals surface area (Å²) in [6.45, 7) is 3.31. The topological polar surface area (TPSA) is 29.3 Å². The average molecular weight is 277 g/mol. The number of benzene rings is 2. The van der Waals surface area contributed by atoms with E-state index in [4.69, 9.17) is 5.73 Å². The molecule has 1 saturated heterocycles. The zero-order valence-corrected chi connectivity index (χ0v) is 11.9. The maximum atomic E-state index is 5.95. The Morgan fingerprint density at radius 2 is 1.68 bits per heavy atom. The van der Waals surface area contributed by atoms with Gasteiger partial charge in [0.05, 0.1) is 0 Å². The lowest BCUT2D eigenvalue weighted by Gasteiger charge is -2.30. The van der Waals surface area contributed by atoms with E-state index in [0.29, 0.717) is 6.04 Å². The van der Waals surface area contributed by atoms with Gasteiger partial charge in [-0.1, -0.05) is 42.5 Å². The van der Waals surface area contributed by atoms with Gasteiger partial charge in [0, 0.05) is 12.6 Å². The van der Waals surface area contributed by atoms with E-state index >= 15 is 0 Å². The molecule has 0 bridgehead atoms. The molecule has 3 heteroatoms. The van der Waals surface area contributed by atoms with E-state index < -0.39 is 0 Å². The molecule has 2 N–H and O–H groups in total. The highest BCUT2D eigenvalue weighted by atomic mass is 35.5. The molecule has 0 amide bonds. The van der Waals surface area contributed by atoms with E-state index in [1.807, 2.05) is 0 Å². The number of halogens is 1. The fourth-order valence-electron chi connectivity index (χ4n) is 2.78. The molecule has 2 nitrogen and oxygen atoms in total. The minimum Gasteiger partial charge on any atom is -0.328 e. The highest BCUT2D eigenvalue weighted by molar-refractivity contribution is 5.85. The number of rotatable bonds is 2. The van der Waals surface area contributed by atoms with Crippen LogP contribution in [-0.4, -0.2) is 24.0 Å². The number of piperidine rings is 1. The molecule has 0 atom stereocenters.